The number of hydrogen-bond donors (Lipinski definition) is 3. The normalized spacial score (nSPS) is 16.8. The second-order valence-electron chi connectivity index (χ2n) is 6.64. The van der Waals surface area contributed by atoms with Crippen molar-refractivity contribution in [3.63, 3.8) is 0 Å². The number of aliphatic hydroxyl groups is 1. The molecule has 25 heavy (non-hydrogen) atoms. The van der Waals surface area contributed by atoms with E-state index in [1.54, 1.807) is 12.3 Å². The Hall–Kier alpha value is -1.70. The van der Waals surface area contributed by atoms with Crippen LogP contribution in [-0.4, -0.2) is 34.8 Å². The average molecular weight is 380 g/mol. The SMILES string of the molecule is CC1(CO)CCN(c2cnc(Sc3cccc(N)c3Cl)c(N)n2)CC1. The van der Waals surface area contributed by atoms with E-state index < -0.39 is 0 Å². The molecule has 2 aromatic rings. The third-order valence-electron chi connectivity index (χ3n) is 4.63. The quantitative estimate of drug-likeness (QED) is 0.701. The minimum atomic E-state index is -0.00471. The number of nitrogen functional groups attached to an aromatic ring is 2. The van der Waals surface area contributed by atoms with Crippen LogP contribution in [0.3, 0.4) is 0 Å². The zero-order valence-corrected chi connectivity index (χ0v) is 15.6. The number of nitrogens with zero attached hydrogens (tertiary/aromatic N) is 3. The molecule has 1 aromatic carbocycles. The van der Waals surface area contributed by atoms with Gasteiger partial charge < -0.3 is 21.5 Å². The van der Waals surface area contributed by atoms with Gasteiger partial charge in [-0.15, -0.1) is 0 Å². The maximum absolute atomic E-state index is 9.48. The largest absolute Gasteiger partial charge is 0.397 e. The molecule has 0 atom stereocenters. The number of halogens is 1. The van der Waals surface area contributed by atoms with Crippen LogP contribution in [0.5, 0.6) is 0 Å². The second kappa shape index (κ2) is 7.27. The molecule has 0 amide bonds. The molecule has 8 heteroatoms. The minimum Gasteiger partial charge on any atom is -0.397 e. The molecule has 0 aliphatic carbocycles. The zero-order chi connectivity index (χ0) is 18.0. The van der Waals surface area contributed by atoms with E-state index in [2.05, 4.69) is 21.8 Å². The second-order valence-corrected chi connectivity index (χ2v) is 8.04. The molecule has 1 aliphatic heterocycles. The van der Waals surface area contributed by atoms with Gasteiger partial charge >= 0.3 is 0 Å². The minimum absolute atomic E-state index is 0.00471. The van der Waals surface area contributed by atoms with Crippen molar-refractivity contribution in [2.75, 3.05) is 36.1 Å². The molecule has 6 nitrogen and oxygen atoms in total. The van der Waals surface area contributed by atoms with Gasteiger partial charge in [-0.3, -0.25) is 0 Å². The average Bonchev–Trinajstić information content (AvgIpc) is 2.61. The first-order valence-corrected chi connectivity index (χ1v) is 9.31. The Kier molecular flexibility index (Phi) is 5.27. The highest BCUT2D eigenvalue weighted by Crippen LogP contribution is 2.38. The van der Waals surface area contributed by atoms with Crippen LogP contribution in [0.2, 0.25) is 5.02 Å². The Morgan fingerprint density at radius 3 is 2.68 bits per heavy atom. The topological polar surface area (TPSA) is 101 Å². The monoisotopic (exact) mass is 379 g/mol. The van der Waals surface area contributed by atoms with E-state index >= 15 is 0 Å². The first kappa shape index (κ1) is 18.1. The molecule has 0 saturated carbocycles. The molecule has 134 valence electrons. The Morgan fingerprint density at radius 2 is 2.04 bits per heavy atom. The number of benzene rings is 1. The van der Waals surface area contributed by atoms with Crippen LogP contribution in [0.4, 0.5) is 17.3 Å². The number of rotatable bonds is 4. The lowest BCUT2D eigenvalue weighted by Gasteiger charge is -2.38. The van der Waals surface area contributed by atoms with Gasteiger partial charge in [-0.1, -0.05) is 36.4 Å². The van der Waals surface area contributed by atoms with Crippen LogP contribution < -0.4 is 16.4 Å². The summed E-state index contributed by atoms with van der Waals surface area (Å²) >= 11 is 7.58. The first-order valence-electron chi connectivity index (χ1n) is 8.12. The number of hydrogen-bond acceptors (Lipinski definition) is 7. The van der Waals surface area contributed by atoms with E-state index in [-0.39, 0.29) is 12.0 Å². The Bertz CT molecular complexity index is 765. The molecule has 0 radical (unpaired) electrons. The maximum atomic E-state index is 9.48. The van der Waals surface area contributed by atoms with Crippen molar-refractivity contribution in [2.24, 2.45) is 5.41 Å². The highest BCUT2D eigenvalue weighted by molar-refractivity contribution is 7.99. The summed E-state index contributed by atoms with van der Waals surface area (Å²) in [5.74, 6) is 1.14. The van der Waals surface area contributed by atoms with E-state index in [1.807, 2.05) is 12.1 Å². The Morgan fingerprint density at radius 1 is 1.32 bits per heavy atom. The van der Waals surface area contributed by atoms with Crippen molar-refractivity contribution in [1.82, 2.24) is 9.97 Å². The lowest BCUT2D eigenvalue weighted by atomic mass is 9.81. The lowest BCUT2D eigenvalue weighted by molar-refractivity contribution is 0.114. The smallest absolute Gasteiger partial charge is 0.158 e. The molecular formula is C17H22ClN5OS. The third-order valence-corrected chi connectivity index (χ3v) is 6.23. The van der Waals surface area contributed by atoms with Gasteiger partial charge in [-0.25, -0.2) is 9.97 Å². The molecule has 1 fully saturated rings. The maximum Gasteiger partial charge on any atom is 0.158 e. The summed E-state index contributed by atoms with van der Waals surface area (Å²) < 4.78 is 0. The summed E-state index contributed by atoms with van der Waals surface area (Å²) in [7, 11) is 0. The predicted molar refractivity (Wildman–Crippen MR) is 103 cm³/mol. The van der Waals surface area contributed by atoms with Crippen molar-refractivity contribution in [3.8, 4) is 0 Å². The fourth-order valence-corrected chi connectivity index (χ4v) is 3.82. The van der Waals surface area contributed by atoms with Crippen LogP contribution >= 0.6 is 23.4 Å². The molecular weight excluding hydrogens is 358 g/mol. The van der Waals surface area contributed by atoms with Gasteiger partial charge in [0.1, 0.15) is 10.8 Å². The van der Waals surface area contributed by atoms with Gasteiger partial charge in [-0.05, 0) is 30.4 Å². The molecule has 0 bridgehead atoms. The van der Waals surface area contributed by atoms with Gasteiger partial charge in [0, 0.05) is 24.6 Å². The molecule has 0 spiro atoms. The summed E-state index contributed by atoms with van der Waals surface area (Å²) in [5.41, 5.74) is 12.5. The van der Waals surface area contributed by atoms with Crippen molar-refractivity contribution in [1.29, 1.82) is 0 Å². The molecule has 5 N–H and O–H groups in total. The fraction of sp³-hybridized carbons (Fsp3) is 0.412. The van der Waals surface area contributed by atoms with Crippen LogP contribution in [-0.2, 0) is 0 Å². The number of anilines is 3. The van der Waals surface area contributed by atoms with Crippen molar-refractivity contribution in [2.45, 2.75) is 29.7 Å². The number of piperidine rings is 1. The molecule has 1 aliphatic rings. The van der Waals surface area contributed by atoms with Crippen LogP contribution in [0.25, 0.3) is 0 Å². The highest BCUT2D eigenvalue weighted by atomic mass is 35.5. The van der Waals surface area contributed by atoms with Crippen molar-refractivity contribution >= 4 is 40.7 Å². The molecule has 2 heterocycles. The number of aromatic nitrogens is 2. The number of nitrogens with two attached hydrogens (primary N) is 2. The summed E-state index contributed by atoms with van der Waals surface area (Å²) in [6, 6.07) is 5.47. The van der Waals surface area contributed by atoms with Gasteiger partial charge in [0.25, 0.3) is 0 Å². The van der Waals surface area contributed by atoms with Crippen molar-refractivity contribution < 1.29 is 5.11 Å². The summed E-state index contributed by atoms with van der Waals surface area (Å²) in [6.45, 7) is 3.99. The van der Waals surface area contributed by atoms with Gasteiger partial charge in [-0.2, -0.15) is 0 Å². The Balaban J connectivity index is 1.74. The van der Waals surface area contributed by atoms with Gasteiger partial charge in [0.2, 0.25) is 0 Å². The van der Waals surface area contributed by atoms with E-state index in [0.717, 1.165) is 36.6 Å². The lowest BCUT2D eigenvalue weighted by Crippen LogP contribution is -2.40. The summed E-state index contributed by atoms with van der Waals surface area (Å²) in [5, 5.41) is 10.6. The zero-order valence-electron chi connectivity index (χ0n) is 14.1. The molecule has 1 aromatic heterocycles. The fourth-order valence-electron chi connectivity index (χ4n) is 2.76. The Labute approximate surface area is 156 Å². The van der Waals surface area contributed by atoms with Crippen LogP contribution in [0.15, 0.2) is 34.3 Å². The van der Waals surface area contributed by atoms with E-state index in [4.69, 9.17) is 23.1 Å². The van der Waals surface area contributed by atoms with Gasteiger partial charge in [0.15, 0.2) is 5.82 Å². The highest BCUT2D eigenvalue weighted by Gasteiger charge is 2.30. The van der Waals surface area contributed by atoms with Crippen LogP contribution in [0.1, 0.15) is 19.8 Å². The standard InChI is InChI=1S/C17H22ClN5OS/c1-17(10-24)5-7-23(8-6-17)13-9-21-16(15(20)22-13)25-12-4-2-3-11(19)14(12)18/h2-4,9,24H,5-8,10,19H2,1H3,(H2,20,22). The van der Waals surface area contributed by atoms with E-state index in [1.165, 1.54) is 11.8 Å². The van der Waals surface area contributed by atoms with Crippen molar-refractivity contribution in [3.05, 3.63) is 29.4 Å². The van der Waals surface area contributed by atoms with E-state index in [9.17, 15) is 5.11 Å². The molecule has 3 rings (SSSR count). The van der Waals surface area contributed by atoms with Gasteiger partial charge in [0.05, 0.1) is 16.9 Å². The third kappa shape index (κ3) is 3.94. The molecule has 0 unspecified atom stereocenters. The summed E-state index contributed by atoms with van der Waals surface area (Å²) in [6.07, 6.45) is 3.57. The van der Waals surface area contributed by atoms with Crippen LogP contribution in [0, 0.1) is 5.41 Å². The van der Waals surface area contributed by atoms with E-state index in [0.29, 0.717) is 21.6 Å². The number of aliphatic hydroxyl groups excluding tert-OH is 1. The summed E-state index contributed by atoms with van der Waals surface area (Å²) in [4.78, 5) is 11.9. The molecule has 1 saturated heterocycles. The first-order chi connectivity index (χ1) is 11.9. The predicted octanol–water partition coefficient (Wildman–Crippen LogP) is 3.04.